The molecule has 0 spiro atoms. The van der Waals surface area contributed by atoms with E-state index in [1.807, 2.05) is 42.5 Å². The van der Waals surface area contributed by atoms with Gasteiger partial charge in [0.05, 0.1) is 7.11 Å². The van der Waals surface area contributed by atoms with Gasteiger partial charge in [-0.05, 0) is 11.5 Å². The molecule has 24 heavy (non-hydrogen) atoms. The van der Waals surface area contributed by atoms with Crippen molar-refractivity contribution in [2.24, 2.45) is 11.1 Å². The van der Waals surface area contributed by atoms with Gasteiger partial charge in [0.25, 0.3) is 0 Å². The number of benzene rings is 2. The lowest BCUT2D eigenvalue weighted by atomic mass is 9.86. The first-order valence-electron chi connectivity index (χ1n) is 8.26. The second kappa shape index (κ2) is 7.69. The molecule has 2 rings (SSSR count). The molecule has 0 amide bonds. The van der Waals surface area contributed by atoms with E-state index in [0.29, 0.717) is 13.1 Å². The lowest BCUT2D eigenvalue weighted by Gasteiger charge is -2.30. The van der Waals surface area contributed by atoms with Crippen molar-refractivity contribution in [3.8, 4) is 22.6 Å². The van der Waals surface area contributed by atoms with Crippen molar-refractivity contribution in [3.05, 3.63) is 48.0 Å². The molecular formula is C20H28N2O2. The Balaban J connectivity index is 2.28. The van der Waals surface area contributed by atoms with Gasteiger partial charge in [0.2, 0.25) is 0 Å². The van der Waals surface area contributed by atoms with Crippen molar-refractivity contribution < 1.29 is 9.84 Å². The first-order chi connectivity index (χ1) is 11.4. The molecule has 0 aliphatic carbocycles. The summed E-state index contributed by atoms with van der Waals surface area (Å²) in [5.74, 6) is 1.02. The van der Waals surface area contributed by atoms with Gasteiger partial charge in [-0.1, -0.05) is 57.2 Å². The molecule has 0 heterocycles. The number of nitrogens with one attached hydrogen (secondary N) is 1. The highest BCUT2D eigenvalue weighted by Gasteiger charge is 2.23. The van der Waals surface area contributed by atoms with Gasteiger partial charge in [-0.25, -0.2) is 0 Å². The number of phenols is 1. The molecule has 130 valence electrons. The average molecular weight is 328 g/mol. The highest BCUT2D eigenvalue weighted by Crippen LogP contribution is 2.37. The maximum Gasteiger partial charge on any atom is 0.128 e. The van der Waals surface area contributed by atoms with Gasteiger partial charge in [-0.15, -0.1) is 0 Å². The van der Waals surface area contributed by atoms with Gasteiger partial charge in [-0.2, -0.15) is 0 Å². The minimum absolute atomic E-state index is 0.0601. The highest BCUT2D eigenvalue weighted by molar-refractivity contribution is 5.76. The fraction of sp³-hybridized carbons (Fsp3) is 0.400. The normalized spacial score (nSPS) is 12.9. The van der Waals surface area contributed by atoms with E-state index >= 15 is 0 Å². The van der Waals surface area contributed by atoms with E-state index in [2.05, 4.69) is 26.1 Å². The molecule has 2 aromatic carbocycles. The van der Waals surface area contributed by atoms with Crippen molar-refractivity contribution in [1.82, 2.24) is 5.32 Å². The third-order valence-electron chi connectivity index (χ3n) is 4.34. The van der Waals surface area contributed by atoms with Gasteiger partial charge in [0.1, 0.15) is 11.5 Å². The van der Waals surface area contributed by atoms with E-state index in [1.165, 1.54) is 0 Å². The van der Waals surface area contributed by atoms with E-state index in [9.17, 15) is 5.11 Å². The summed E-state index contributed by atoms with van der Waals surface area (Å²) >= 11 is 0. The van der Waals surface area contributed by atoms with E-state index in [-0.39, 0.29) is 17.2 Å². The van der Waals surface area contributed by atoms with Crippen LogP contribution in [-0.4, -0.2) is 24.8 Å². The maximum atomic E-state index is 10.7. The van der Waals surface area contributed by atoms with Crippen LogP contribution in [0.1, 0.15) is 26.3 Å². The average Bonchev–Trinajstić information content (AvgIpc) is 2.55. The zero-order chi connectivity index (χ0) is 17.7. The number of nitrogens with two attached hydrogens (primary N) is 1. The molecule has 0 fully saturated rings. The van der Waals surface area contributed by atoms with Crippen LogP contribution >= 0.6 is 0 Å². The summed E-state index contributed by atoms with van der Waals surface area (Å²) in [6.45, 7) is 7.58. The fourth-order valence-electron chi connectivity index (χ4n) is 2.79. The molecule has 1 atom stereocenters. The molecule has 0 saturated heterocycles. The van der Waals surface area contributed by atoms with E-state index < -0.39 is 0 Å². The number of hydrogen-bond acceptors (Lipinski definition) is 4. The molecule has 0 bridgehead atoms. The van der Waals surface area contributed by atoms with Crippen molar-refractivity contribution in [1.29, 1.82) is 0 Å². The zero-order valence-corrected chi connectivity index (χ0v) is 15.0. The Morgan fingerprint density at radius 2 is 1.75 bits per heavy atom. The predicted molar refractivity (Wildman–Crippen MR) is 99.2 cm³/mol. The minimum Gasteiger partial charge on any atom is -0.507 e. The number of para-hydroxylation sites is 2. The Bertz CT molecular complexity index is 678. The molecule has 4 heteroatoms. The topological polar surface area (TPSA) is 67.5 Å². The standard InChI is InChI=1S/C20H28N2O2/c1-20(2,3)18(12-21)22-13-14-8-7-10-16(19(14)23)15-9-5-6-11-17(15)24-4/h5-11,18,22-23H,12-13,21H2,1-4H3/t18-/m1/s1. The summed E-state index contributed by atoms with van der Waals surface area (Å²) < 4.78 is 5.41. The molecule has 0 unspecified atom stereocenters. The monoisotopic (exact) mass is 328 g/mol. The summed E-state index contributed by atoms with van der Waals surface area (Å²) in [4.78, 5) is 0. The molecule has 0 aliphatic heterocycles. The lowest BCUT2D eigenvalue weighted by molar-refractivity contribution is 0.271. The summed E-state index contributed by atoms with van der Waals surface area (Å²) in [5, 5.41) is 14.2. The number of aromatic hydroxyl groups is 1. The first kappa shape index (κ1) is 18.3. The summed E-state index contributed by atoms with van der Waals surface area (Å²) in [5.41, 5.74) is 8.44. The van der Waals surface area contributed by atoms with E-state index in [0.717, 1.165) is 22.4 Å². The number of phenolic OH excluding ortho intramolecular Hbond substituents is 1. The second-order valence-corrected chi connectivity index (χ2v) is 7.05. The number of rotatable bonds is 6. The van der Waals surface area contributed by atoms with Crippen molar-refractivity contribution in [2.45, 2.75) is 33.4 Å². The third kappa shape index (κ3) is 4.08. The van der Waals surface area contributed by atoms with Crippen LogP contribution in [-0.2, 0) is 6.54 Å². The number of methoxy groups -OCH3 is 1. The van der Waals surface area contributed by atoms with Gasteiger partial charge < -0.3 is 20.9 Å². The Morgan fingerprint density at radius 1 is 1.08 bits per heavy atom. The molecular weight excluding hydrogens is 300 g/mol. The predicted octanol–water partition coefficient (Wildman–Crippen LogP) is 3.53. The molecule has 0 radical (unpaired) electrons. The minimum atomic E-state index is 0.0601. The SMILES string of the molecule is COc1ccccc1-c1cccc(CN[C@H](CN)C(C)(C)C)c1O. The summed E-state index contributed by atoms with van der Waals surface area (Å²) in [7, 11) is 1.64. The Labute approximate surface area is 144 Å². The van der Waals surface area contributed by atoms with Gasteiger partial charge in [-0.3, -0.25) is 0 Å². The largest absolute Gasteiger partial charge is 0.507 e. The maximum absolute atomic E-state index is 10.7. The summed E-state index contributed by atoms with van der Waals surface area (Å²) in [6, 6.07) is 13.6. The molecule has 4 nitrogen and oxygen atoms in total. The van der Waals surface area contributed by atoms with Crippen molar-refractivity contribution in [3.63, 3.8) is 0 Å². The van der Waals surface area contributed by atoms with Gasteiger partial charge >= 0.3 is 0 Å². The van der Waals surface area contributed by atoms with Crippen LogP contribution in [0.25, 0.3) is 11.1 Å². The molecule has 0 aliphatic rings. The van der Waals surface area contributed by atoms with Crippen LogP contribution in [0.15, 0.2) is 42.5 Å². The second-order valence-electron chi connectivity index (χ2n) is 7.05. The van der Waals surface area contributed by atoms with Crippen LogP contribution in [0.3, 0.4) is 0 Å². The van der Waals surface area contributed by atoms with E-state index in [4.69, 9.17) is 10.5 Å². The zero-order valence-electron chi connectivity index (χ0n) is 15.0. The lowest BCUT2D eigenvalue weighted by Crippen LogP contribution is -2.45. The fourth-order valence-corrected chi connectivity index (χ4v) is 2.79. The van der Waals surface area contributed by atoms with Crippen LogP contribution in [0.5, 0.6) is 11.5 Å². The van der Waals surface area contributed by atoms with Crippen LogP contribution in [0.2, 0.25) is 0 Å². The van der Waals surface area contributed by atoms with Crippen LogP contribution in [0.4, 0.5) is 0 Å². The van der Waals surface area contributed by atoms with Gasteiger partial charge in [0.15, 0.2) is 0 Å². The summed E-state index contributed by atoms with van der Waals surface area (Å²) in [6.07, 6.45) is 0. The molecule has 2 aromatic rings. The highest BCUT2D eigenvalue weighted by atomic mass is 16.5. The third-order valence-corrected chi connectivity index (χ3v) is 4.34. The number of hydrogen-bond donors (Lipinski definition) is 3. The molecule has 0 saturated carbocycles. The Hall–Kier alpha value is -2.04. The molecule has 0 aromatic heterocycles. The van der Waals surface area contributed by atoms with Crippen molar-refractivity contribution in [2.75, 3.05) is 13.7 Å². The van der Waals surface area contributed by atoms with Crippen molar-refractivity contribution >= 4 is 0 Å². The Kier molecular flexibility index (Phi) is 5.86. The number of ether oxygens (including phenoxy) is 1. The quantitative estimate of drug-likeness (QED) is 0.759. The molecule has 4 N–H and O–H groups in total. The van der Waals surface area contributed by atoms with Crippen LogP contribution in [0, 0.1) is 5.41 Å². The van der Waals surface area contributed by atoms with Crippen LogP contribution < -0.4 is 15.8 Å². The smallest absolute Gasteiger partial charge is 0.128 e. The van der Waals surface area contributed by atoms with E-state index in [1.54, 1.807) is 7.11 Å². The Morgan fingerprint density at radius 3 is 2.38 bits per heavy atom. The first-order valence-corrected chi connectivity index (χ1v) is 8.26. The van der Waals surface area contributed by atoms with Gasteiger partial charge in [0, 0.05) is 35.8 Å².